The highest BCUT2D eigenvalue weighted by atomic mass is 14.7. The second-order valence-electron chi connectivity index (χ2n) is 3.66. The highest BCUT2D eigenvalue weighted by molar-refractivity contribution is 5.65. The molecule has 4 unspecified atom stereocenters. The highest BCUT2D eigenvalue weighted by Gasteiger charge is 2.55. The van der Waals surface area contributed by atoms with Crippen molar-refractivity contribution in [1.82, 2.24) is 0 Å². The molecule has 0 aromatic heterocycles. The lowest BCUT2D eigenvalue weighted by Crippen LogP contribution is -2.25. The Balaban J connectivity index is 1.96. The Labute approximate surface area is 67.9 Å². The highest BCUT2D eigenvalue weighted by Crippen LogP contribution is 2.61. The summed E-state index contributed by atoms with van der Waals surface area (Å²) < 4.78 is 0. The minimum atomic E-state index is 0.323. The number of nitrogens with zero attached hydrogens (tertiary/aromatic N) is 1. The molecule has 0 radical (unpaired) electrons. The zero-order valence-corrected chi connectivity index (χ0v) is 6.83. The molecule has 11 heavy (non-hydrogen) atoms. The van der Waals surface area contributed by atoms with Crippen molar-refractivity contribution < 1.29 is 0 Å². The van der Waals surface area contributed by atoms with Crippen molar-refractivity contribution in [3.63, 3.8) is 0 Å². The van der Waals surface area contributed by atoms with E-state index in [4.69, 9.17) is 6.42 Å². The molecule has 2 fully saturated rings. The fraction of sp³-hybridized carbons (Fsp3) is 0.700. The maximum absolute atomic E-state index is 5.41. The summed E-state index contributed by atoms with van der Waals surface area (Å²) in [6.45, 7) is 0. The summed E-state index contributed by atoms with van der Waals surface area (Å²) in [6.07, 6.45) is 10.1. The van der Waals surface area contributed by atoms with E-state index in [9.17, 15) is 0 Å². The molecule has 1 nitrogen and oxygen atoms in total. The molecule has 0 N–H and O–H groups in total. The molecule has 0 spiro atoms. The minimum Gasteiger partial charge on any atom is -0.300 e. The second kappa shape index (κ2) is 2.37. The lowest BCUT2D eigenvalue weighted by Gasteiger charge is -2.27. The summed E-state index contributed by atoms with van der Waals surface area (Å²) in [5.74, 6) is 5.92. The first kappa shape index (κ1) is 6.91. The largest absolute Gasteiger partial charge is 0.300 e. The van der Waals surface area contributed by atoms with Crippen LogP contribution in [0.1, 0.15) is 12.8 Å². The van der Waals surface area contributed by atoms with Gasteiger partial charge in [-0.25, -0.2) is 0 Å². The fourth-order valence-corrected chi connectivity index (χ4v) is 2.25. The molecular weight excluding hydrogens is 134 g/mol. The number of rotatable bonds is 2. The molecule has 58 valence electrons. The molecular formula is C10H13N. The molecule has 2 aliphatic rings. The van der Waals surface area contributed by atoms with Crippen LogP contribution in [0.5, 0.6) is 0 Å². The van der Waals surface area contributed by atoms with Crippen LogP contribution in [0.2, 0.25) is 0 Å². The third-order valence-electron chi connectivity index (χ3n) is 3.07. The third-order valence-corrected chi connectivity index (χ3v) is 3.07. The van der Waals surface area contributed by atoms with Gasteiger partial charge in [-0.05, 0) is 30.6 Å². The third kappa shape index (κ3) is 0.976. The van der Waals surface area contributed by atoms with E-state index in [-0.39, 0.29) is 0 Å². The predicted octanol–water partition coefficient (Wildman–Crippen LogP) is 1.59. The lowest BCUT2D eigenvalue weighted by molar-refractivity contribution is 0.266. The Morgan fingerprint density at radius 2 is 2.45 bits per heavy atom. The summed E-state index contributed by atoms with van der Waals surface area (Å²) in [6, 6.07) is 0. The van der Waals surface area contributed by atoms with Crippen molar-refractivity contribution in [2.45, 2.75) is 12.8 Å². The number of terminal acetylenes is 1. The molecule has 0 amide bonds. The van der Waals surface area contributed by atoms with Crippen molar-refractivity contribution in [1.29, 1.82) is 0 Å². The Bertz CT molecular complexity index is 224. The number of hydrogen-bond acceptors (Lipinski definition) is 1. The van der Waals surface area contributed by atoms with Crippen LogP contribution in [0.3, 0.4) is 0 Å². The van der Waals surface area contributed by atoms with E-state index in [0.29, 0.717) is 5.92 Å². The average Bonchev–Trinajstić information content (AvgIpc) is 2.60. The summed E-state index contributed by atoms with van der Waals surface area (Å²) in [4.78, 5) is 4.00. The van der Waals surface area contributed by atoms with E-state index in [1.807, 2.05) is 6.21 Å². The number of aliphatic imine (C=N–C) groups is 1. The smallest absolute Gasteiger partial charge is 0.0579 e. The normalized spacial score (nSPS) is 42.4. The van der Waals surface area contributed by atoms with Gasteiger partial charge < -0.3 is 0 Å². The van der Waals surface area contributed by atoms with Crippen LogP contribution in [0.15, 0.2) is 4.99 Å². The molecule has 0 aromatic rings. The Kier molecular flexibility index (Phi) is 1.49. The van der Waals surface area contributed by atoms with Crippen LogP contribution >= 0.6 is 0 Å². The van der Waals surface area contributed by atoms with E-state index in [0.717, 1.165) is 17.8 Å². The van der Waals surface area contributed by atoms with E-state index in [1.165, 1.54) is 12.8 Å². The van der Waals surface area contributed by atoms with Crippen LogP contribution in [0, 0.1) is 36.0 Å². The zero-order valence-electron chi connectivity index (χ0n) is 6.83. The van der Waals surface area contributed by atoms with Gasteiger partial charge in [0.1, 0.15) is 0 Å². The first-order chi connectivity index (χ1) is 5.36. The van der Waals surface area contributed by atoms with E-state index >= 15 is 0 Å². The molecule has 2 saturated carbocycles. The van der Waals surface area contributed by atoms with Gasteiger partial charge in [0.15, 0.2) is 0 Å². The first-order valence-electron chi connectivity index (χ1n) is 4.25. The molecule has 2 aliphatic carbocycles. The summed E-state index contributed by atoms with van der Waals surface area (Å²) in [5.41, 5.74) is 0. The molecule has 0 aromatic carbocycles. The van der Waals surface area contributed by atoms with Gasteiger partial charge in [-0.2, -0.15) is 0 Å². The number of fused-ring (bicyclic) bond motifs is 1. The van der Waals surface area contributed by atoms with Gasteiger partial charge in [0, 0.05) is 13.3 Å². The minimum absolute atomic E-state index is 0.323. The van der Waals surface area contributed by atoms with Gasteiger partial charge in [0.25, 0.3) is 0 Å². The van der Waals surface area contributed by atoms with E-state index < -0.39 is 0 Å². The quantitative estimate of drug-likeness (QED) is 0.415. The van der Waals surface area contributed by atoms with Crippen molar-refractivity contribution in [3.8, 4) is 12.3 Å². The van der Waals surface area contributed by atoms with Gasteiger partial charge in [0.2, 0.25) is 0 Å². The van der Waals surface area contributed by atoms with E-state index in [2.05, 4.69) is 10.9 Å². The predicted molar refractivity (Wildman–Crippen MR) is 46.4 cm³/mol. The molecule has 4 atom stereocenters. The maximum Gasteiger partial charge on any atom is 0.0579 e. The van der Waals surface area contributed by atoms with Gasteiger partial charge >= 0.3 is 0 Å². The van der Waals surface area contributed by atoms with Crippen LogP contribution in [-0.2, 0) is 0 Å². The van der Waals surface area contributed by atoms with Gasteiger partial charge in [0.05, 0.1) is 5.92 Å². The maximum atomic E-state index is 5.41. The Hall–Kier alpha value is -0.770. The standard InChI is InChI=1S/C10H13N/c1-3-7(6-11-2)9-4-8-5-10(8)9/h1,6-10H,4-5H2,2H3. The van der Waals surface area contributed by atoms with Crippen molar-refractivity contribution in [2.24, 2.45) is 28.7 Å². The van der Waals surface area contributed by atoms with Crippen LogP contribution < -0.4 is 0 Å². The van der Waals surface area contributed by atoms with Crippen molar-refractivity contribution in [3.05, 3.63) is 0 Å². The molecule has 0 saturated heterocycles. The molecule has 0 heterocycles. The summed E-state index contributed by atoms with van der Waals surface area (Å²) in [7, 11) is 1.80. The van der Waals surface area contributed by atoms with Crippen LogP contribution in [0.25, 0.3) is 0 Å². The van der Waals surface area contributed by atoms with E-state index in [1.54, 1.807) is 7.05 Å². The Morgan fingerprint density at radius 1 is 1.64 bits per heavy atom. The SMILES string of the molecule is C#CC(C=NC)C1CC2CC21. The lowest BCUT2D eigenvalue weighted by atomic mass is 9.76. The van der Waals surface area contributed by atoms with Crippen LogP contribution in [0.4, 0.5) is 0 Å². The summed E-state index contributed by atoms with van der Waals surface area (Å²) >= 11 is 0. The molecule has 1 heteroatoms. The topological polar surface area (TPSA) is 12.4 Å². The number of hydrogen-bond donors (Lipinski definition) is 0. The monoisotopic (exact) mass is 147 g/mol. The second-order valence-corrected chi connectivity index (χ2v) is 3.66. The average molecular weight is 147 g/mol. The zero-order chi connectivity index (χ0) is 7.84. The van der Waals surface area contributed by atoms with Crippen molar-refractivity contribution >= 4 is 6.21 Å². The summed E-state index contributed by atoms with van der Waals surface area (Å²) in [5, 5.41) is 0. The molecule has 0 aliphatic heterocycles. The Morgan fingerprint density at radius 3 is 2.82 bits per heavy atom. The first-order valence-corrected chi connectivity index (χ1v) is 4.25. The molecule has 0 bridgehead atoms. The van der Waals surface area contributed by atoms with Crippen molar-refractivity contribution in [2.75, 3.05) is 7.05 Å². The van der Waals surface area contributed by atoms with Gasteiger partial charge in [-0.15, -0.1) is 6.42 Å². The van der Waals surface area contributed by atoms with Gasteiger partial charge in [-0.1, -0.05) is 5.92 Å². The fourth-order valence-electron chi connectivity index (χ4n) is 2.25. The molecule has 2 rings (SSSR count). The van der Waals surface area contributed by atoms with Gasteiger partial charge in [-0.3, -0.25) is 4.99 Å². The van der Waals surface area contributed by atoms with Crippen LogP contribution in [-0.4, -0.2) is 13.3 Å².